The van der Waals surface area contributed by atoms with Gasteiger partial charge in [0.15, 0.2) is 0 Å². The van der Waals surface area contributed by atoms with Crippen molar-refractivity contribution >= 4 is 23.4 Å². The van der Waals surface area contributed by atoms with Crippen molar-refractivity contribution < 1.29 is 18.8 Å². The Morgan fingerprint density at radius 1 is 0.969 bits per heavy atom. The third-order valence-corrected chi connectivity index (χ3v) is 5.99. The van der Waals surface area contributed by atoms with Gasteiger partial charge in [0, 0.05) is 41.4 Å². The number of rotatable bonds is 6. The molecule has 3 rings (SSSR count). The van der Waals surface area contributed by atoms with E-state index in [-0.39, 0.29) is 35.0 Å². The first kappa shape index (κ1) is 23.4. The molecule has 1 aliphatic heterocycles. The maximum atomic E-state index is 13.1. The Balaban J connectivity index is 1.51. The standard InChI is InChI=1S/C25H30FN3O3/c1-4-25(2,3)28-23(31)17-7-11-21(12-8-17)27-22(30)18-13-15-29(16-14-18)24(32)19-5-9-20(26)10-6-19/h5-12,18H,4,13-16H2,1-3H3,(H,27,30)(H,28,31). The van der Waals surface area contributed by atoms with E-state index >= 15 is 0 Å². The molecule has 3 amide bonds. The summed E-state index contributed by atoms with van der Waals surface area (Å²) < 4.78 is 13.1. The van der Waals surface area contributed by atoms with Crippen LogP contribution in [0.2, 0.25) is 0 Å². The SMILES string of the molecule is CCC(C)(C)NC(=O)c1ccc(NC(=O)C2CCN(C(=O)c3ccc(F)cc3)CC2)cc1. The molecular weight excluding hydrogens is 409 g/mol. The quantitative estimate of drug-likeness (QED) is 0.707. The summed E-state index contributed by atoms with van der Waals surface area (Å²) in [7, 11) is 0. The normalized spacial score (nSPS) is 14.7. The van der Waals surface area contributed by atoms with Gasteiger partial charge in [-0.3, -0.25) is 14.4 Å². The molecule has 2 aromatic carbocycles. The molecule has 7 heteroatoms. The predicted octanol–water partition coefficient (Wildman–Crippen LogP) is 4.24. The molecule has 0 aliphatic carbocycles. The number of carbonyl (C=O) groups excluding carboxylic acids is 3. The molecule has 0 bridgehead atoms. The van der Waals surface area contributed by atoms with E-state index in [0.717, 1.165) is 6.42 Å². The summed E-state index contributed by atoms with van der Waals surface area (Å²) in [5, 5.41) is 5.89. The number of anilines is 1. The van der Waals surface area contributed by atoms with Crippen molar-refractivity contribution in [1.82, 2.24) is 10.2 Å². The van der Waals surface area contributed by atoms with Gasteiger partial charge in [0.1, 0.15) is 5.82 Å². The highest BCUT2D eigenvalue weighted by molar-refractivity contribution is 5.97. The van der Waals surface area contributed by atoms with Crippen molar-refractivity contribution in [2.75, 3.05) is 18.4 Å². The molecule has 2 N–H and O–H groups in total. The molecule has 0 radical (unpaired) electrons. The largest absolute Gasteiger partial charge is 0.347 e. The second-order valence-electron chi connectivity index (χ2n) is 8.83. The zero-order valence-electron chi connectivity index (χ0n) is 18.8. The van der Waals surface area contributed by atoms with Gasteiger partial charge in [-0.05, 0) is 81.6 Å². The number of amides is 3. The van der Waals surface area contributed by atoms with Crippen LogP contribution in [0.3, 0.4) is 0 Å². The number of piperidine rings is 1. The van der Waals surface area contributed by atoms with Crippen LogP contribution in [0.25, 0.3) is 0 Å². The molecule has 1 heterocycles. The van der Waals surface area contributed by atoms with E-state index in [0.29, 0.717) is 42.7 Å². The van der Waals surface area contributed by atoms with Gasteiger partial charge in [0.05, 0.1) is 0 Å². The molecule has 2 aromatic rings. The first-order chi connectivity index (χ1) is 15.2. The number of nitrogens with zero attached hydrogens (tertiary/aromatic N) is 1. The monoisotopic (exact) mass is 439 g/mol. The van der Waals surface area contributed by atoms with Gasteiger partial charge in [-0.25, -0.2) is 4.39 Å². The fourth-order valence-corrected chi connectivity index (χ4v) is 3.54. The summed E-state index contributed by atoms with van der Waals surface area (Å²) in [5.74, 6) is -0.962. The number of likely N-dealkylation sites (tertiary alicyclic amines) is 1. The second-order valence-corrected chi connectivity index (χ2v) is 8.83. The van der Waals surface area contributed by atoms with Crippen LogP contribution in [0, 0.1) is 11.7 Å². The smallest absolute Gasteiger partial charge is 0.253 e. The molecule has 0 unspecified atom stereocenters. The average Bonchev–Trinajstić information content (AvgIpc) is 2.79. The number of halogens is 1. The Bertz CT molecular complexity index is 963. The number of hydrogen-bond acceptors (Lipinski definition) is 3. The van der Waals surface area contributed by atoms with E-state index < -0.39 is 0 Å². The predicted molar refractivity (Wildman–Crippen MR) is 122 cm³/mol. The van der Waals surface area contributed by atoms with Gasteiger partial charge in [-0.1, -0.05) is 6.92 Å². The first-order valence-electron chi connectivity index (χ1n) is 11.0. The van der Waals surface area contributed by atoms with Gasteiger partial charge in [0.2, 0.25) is 5.91 Å². The van der Waals surface area contributed by atoms with Crippen LogP contribution in [0.1, 0.15) is 60.7 Å². The van der Waals surface area contributed by atoms with Gasteiger partial charge < -0.3 is 15.5 Å². The summed E-state index contributed by atoms with van der Waals surface area (Å²) in [6, 6.07) is 12.3. The van der Waals surface area contributed by atoms with Crippen LogP contribution in [0.5, 0.6) is 0 Å². The lowest BCUT2D eigenvalue weighted by Crippen LogP contribution is -2.42. The first-order valence-corrected chi connectivity index (χ1v) is 11.0. The maximum Gasteiger partial charge on any atom is 0.253 e. The fraction of sp³-hybridized carbons (Fsp3) is 0.400. The highest BCUT2D eigenvalue weighted by Gasteiger charge is 2.28. The Hall–Kier alpha value is -3.22. The van der Waals surface area contributed by atoms with E-state index in [1.807, 2.05) is 20.8 Å². The van der Waals surface area contributed by atoms with E-state index in [1.54, 1.807) is 29.2 Å². The minimum atomic E-state index is -0.379. The number of hydrogen-bond donors (Lipinski definition) is 2. The van der Waals surface area contributed by atoms with Gasteiger partial charge in [-0.15, -0.1) is 0 Å². The third kappa shape index (κ3) is 5.93. The number of benzene rings is 2. The molecule has 1 aliphatic rings. The number of nitrogens with one attached hydrogen (secondary N) is 2. The average molecular weight is 440 g/mol. The second kappa shape index (κ2) is 9.94. The van der Waals surface area contributed by atoms with Gasteiger partial charge in [0.25, 0.3) is 11.8 Å². The molecule has 0 saturated carbocycles. The van der Waals surface area contributed by atoms with Crippen LogP contribution < -0.4 is 10.6 Å². The summed E-state index contributed by atoms with van der Waals surface area (Å²) in [6.07, 6.45) is 1.94. The molecule has 32 heavy (non-hydrogen) atoms. The Morgan fingerprint density at radius 2 is 1.53 bits per heavy atom. The van der Waals surface area contributed by atoms with Crippen molar-refractivity contribution in [3.63, 3.8) is 0 Å². The third-order valence-electron chi connectivity index (χ3n) is 5.99. The lowest BCUT2D eigenvalue weighted by Gasteiger charge is -2.31. The Morgan fingerprint density at radius 3 is 2.09 bits per heavy atom. The molecular formula is C25H30FN3O3. The highest BCUT2D eigenvalue weighted by atomic mass is 19.1. The van der Waals surface area contributed by atoms with Crippen molar-refractivity contribution in [3.05, 3.63) is 65.5 Å². The zero-order valence-corrected chi connectivity index (χ0v) is 18.8. The van der Waals surface area contributed by atoms with Crippen LogP contribution >= 0.6 is 0 Å². The maximum absolute atomic E-state index is 13.1. The highest BCUT2D eigenvalue weighted by Crippen LogP contribution is 2.22. The van der Waals surface area contributed by atoms with Crippen molar-refractivity contribution in [2.24, 2.45) is 5.92 Å². The summed E-state index contributed by atoms with van der Waals surface area (Å²) >= 11 is 0. The van der Waals surface area contributed by atoms with E-state index in [2.05, 4.69) is 10.6 Å². The molecule has 0 aromatic heterocycles. The number of carbonyl (C=O) groups is 3. The van der Waals surface area contributed by atoms with Crippen LogP contribution in [-0.2, 0) is 4.79 Å². The summed E-state index contributed by atoms with van der Waals surface area (Å²) in [5.41, 5.74) is 1.33. The molecule has 6 nitrogen and oxygen atoms in total. The van der Waals surface area contributed by atoms with Crippen LogP contribution in [-0.4, -0.2) is 41.2 Å². The lowest BCUT2D eigenvalue weighted by molar-refractivity contribution is -0.121. The topological polar surface area (TPSA) is 78.5 Å². The van der Waals surface area contributed by atoms with E-state index in [1.165, 1.54) is 24.3 Å². The summed E-state index contributed by atoms with van der Waals surface area (Å²) in [4.78, 5) is 39.3. The molecule has 0 spiro atoms. The van der Waals surface area contributed by atoms with E-state index in [9.17, 15) is 18.8 Å². The fourth-order valence-electron chi connectivity index (χ4n) is 3.54. The minimum absolute atomic E-state index is 0.0943. The van der Waals surface area contributed by atoms with Gasteiger partial charge in [-0.2, -0.15) is 0 Å². The molecule has 170 valence electrons. The van der Waals surface area contributed by atoms with Gasteiger partial charge >= 0.3 is 0 Å². The van der Waals surface area contributed by atoms with Crippen molar-refractivity contribution in [1.29, 1.82) is 0 Å². The molecule has 0 atom stereocenters. The Labute approximate surface area is 188 Å². The van der Waals surface area contributed by atoms with Crippen LogP contribution in [0.15, 0.2) is 48.5 Å². The van der Waals surface area contributed by atoms with E-state index in [4.69, 9.17) is 0 Å². The zero-order chi connectivity index (χ0) is 23.3. The minimum Gasteiger partial charge on any atom is -0.347 e. The van der Waals surface area contributed by atoms with Crippen molar-refractivity contribution in [2.45, 2.75) is 45.6 Å². The van der Waals surface area contributed by atoms with Crippen LogP contribution in [0.4, 0.5) is 10.1 Å². The molecule has 1 fully saturated rings. The Kier molecular flexibility index (Phi) is 7.28. The summed E-state index contributed by atoms with van der Waals surface area (Å²) in [6.45, 7) is 6.90. The lowest BCUT2D eigenvalue weighted by atomic mass is 9.95. The molecule has 1 saturated heterocycles. The van der Waals surface area contributed by atoms with Crippen molar-refractivity contribution in [3.8, 4) is 0 Å².